The predicted molar refractivity (Wildman–Crippen MR) is 91.5 cm³/mol. The molecule has 0 bridgehead atoms. The molecule has 0 amide bonds. The largest absolute Gasteiger partial charge is 0.384 e. The van der Waals surface area contributed by atoms with E-state index in [9.17, 15) is 5.11 Å². The van der Waals surface area contributed by atoms with Gasteiger partial charge in [0.25, 0.3) is 0 Å². The van der Waals surface area contributed by atoms with Gasteiger partial charge in [0.2, 0.25) is 0 Å². The number of tetrazole rings is 1. The Morgan fingerprint density at radius 1 is 1.24 bits per heavy atom. The molecule has 2 aromatic rings. The lowest BCUT2D eigenvalue weighted by Crippen LogP contribution is -2.40. The predicted octanol–water partition coefficient (Wildman–Crippen LogP) is 1.18. The van der Waals surface area contributed by atoms with E-state index in [4.69, 9.17) is 0 Å². The highest BCUT2D eigenvalue weighted by molar-refractivity contribution is 5.04. The molecule has 138 valence electrons. The molecule has 2 aromatic heterocycles. The molecule has 0 aromatic carbocycles. The molecular formula is C16H28N8O. The van der Waals surface area contributed by atoms with E-state index in [0.29, 0.717) is 12.2 Å². The van der Waals surface area contributed by atoms with Crippen molar-refractivity contribution in [3.63, 3.8) is 0 Å². The van der Waals surface area contributed by atoms with Gasteiger partial charge in [0.15, 0.2) is 5.82 Å². The van der Waals surface area contributed by atoms with Gasteiger partial charge in [-0.2, -0.15) is 0 Å². The normalized spacial score (nSPS) is 21.6. The monoisotopic (exact) mass is 348 g/mol. The van der Waals surface area contributed by atoms with Crippen molar-refractivity contribution in [1.29, 1.82) is 0 Å². The first-order valence-corrected chi connectivity index (χ1v) is 9.12. The highest BCUT2D eigenvalue weighted by atomic mass is 16.3. The van der Waals surface area contributed by atoms with Crippen molar-refractivity contribution < 1.29 is 5.11 Å². The Kier molecular flexibility index (Phi) is 5.43. The van der Waals surface area contributed by atoms with Crippen LogP contribution in [0.2, 0.25) is 0 Å². The van der Waals surface area contributed by atoms with Crippen molar-refractivity contribution in [3.05, 3.63) is 17.7 Å². The lowest BCUT2D eigenvalue weighted by Gasteiger charge is -2.32. The first-order valence-electron chi connectivity index (χ1n) is 9.12. The second kappa shape index (κ2) is 7.57. The van der Waals surface area contributed by atoms with E-state index in [-0.39, 0.29) is 12.1 Å². The van der Waals surface area contributed by atoms with Crippen LogP contribution in [0.15, 0.2) is 6.20 Å². The van der Waals surface area contributed by atoms with Crippen molar-refractivity contribution in [2.75, 3.05) is 0 Å². The van der Waals surface area contributed by atoms with Crippen LogP contribution in [0.25, 0.3) is 0 Å². The zero-order valence-corrected chi connectivity index (χ0v) is 15.3. The molecule has 1 fully saturated rings. The van der Waals surface area contributed by atoms with Gasteiger partial charge in [0.05, 0.1) is 18.8 Å². The van der Waals surface area contributed by atoms with Crippen molar-refractivity contribution >= 4 is 0 Å². The second-order valence-electron chi connectivity index (χ2n) is 7.30. The summed E-state index contributed by atoms with van der Waals surface area (Å²) in [5.74, 6) is 0.863. The van der Waals surface area contributed by atoms with Gasteiger partial charge in [-0.3, -0.25) is 0 Å². The maximum Gasteiger partial charge on any atom is 0.165 e. The van der Waals surface area contributed by atoms with Gasteiger partial charge in [-0.25, -0.2) is 9.36 Å². The third-order valence-corrected chi connectivity index (χ3v) is 4.77. The quantitative estimate of drug-likeness (QED) is 0.773. The Morgan fingerprint density at radius 3 is 2.76 bits per heavy atom. The molecule has 2 atom stereocenters. The number of nitrogens with zero attached hydrogens (tertiary/aromatic N) is 7. The summed E-state index contributed by atoms with van der Waals surface area (Å²) in [7, 11) is 0. The number of aliphatic hydroxyl groups is 1. The molecule has 3 rings (SSSR count). The number of aryl methyl sites for hydroxylation is 1. The number of aromatic nitrogens is 7. The third-order valence-electron chi connectivity index (χ3n) is 4.77. The molecular weight excluding hydrogens is 320 g/mol. The summed E-state index contributed by atoms with van der Waals surface area (Å²) in [6.45, 7) is 7.04. The van der Waals surface area contributed by atoms with Gasteiger partial charge in [0, 0.05) is 12.6 Å². The number of rotatable bonds is 7. The number of hydrogen-bond donors (Lipinski definition) is 2. The van der Waals surface area contributed by atoms with Gasteiger partial charge >= 0.3 is 0 Å². The van der Waals surface area contributed by atoms with Crippen LogP contribution in [-0.4, -0.2) is 46.3 Å². The summed E-state index contributed by atoms with van der Waals surface area (Å²) in [6, 6.07) is 0.518. The highest BCUT2D eigenvalue weighted by Crippen LogP contribution is 2.29. The molecule has 0 radical (unpaired) electrons. The molecule has 0 aliphatic heterocycles. The molecule has 0 unspecified atom stereocenters. The molecule has 1 saturated carbocycles. The van der Waals surface area contributed by atoms with E-state index in [0.717, 1.165) is 31.6 Å². The van der Waals surface area contributed by atoms with E-state index in [1.165, 1.54) is 12.8 Å². The van der Waals surface area contributed by atoms with Crippen LogP contribution < -0.4 is 5.32 Å². The molecule has 2 N–H and O–H groups in total. The molecule has 2 heterocycles. The minimum absolute atomic E-state index is 0.229. The van der Waals surface area contributed by atoms with Gasteiger partial charge in [-0.15, -0.1) is 10.2 Å². The molecule has 25 heavy (non-hydrogen) atoms. The lowest BCUT2D eigenvalue weighted by molar-refractivity contribution is 0.0736. The fraction of sp³-hybridized carbons (Fsp3) is 0.812. The molecule has 0 saturated heterocycles. The van der Waals surface area contributed by atoms with Gasteiger partial charge in [0.1, 0.15) is 11.3 Å². The van der Waals surface area contributed by atoms with E-state index < -0.39 is 5.60 Å². The van der Waals surface area contributed by atoms with Crippen molar-refractivity contribution in [2.24, 2.45) is 0 Å². The van der Waals surface area contributed by atoms with E-state index in [2.05, 4.69) is 38.1 Å². The van der Waals surface area contributed by atoms with Gasteiger partial charge in [-0.1, -0.05) is 25.0 Å². The smallest absolute Gasteiger partial charge is 0.165 e. The Balaban J connectivity index is 1.68. The first-order chi connectivity index (χ1) is 12.0. The Morgan fingerprint density at radius 2 is 2.04 bits per heavy atom. The first kappa shape index (κ1) is 17.9. The highest BCUT2D eigenvalue weighted by Gasteiger charge is 2.29. The number of nitrogens with one attached hydrogen (secondary N) is 1. The summed E-state index contributed by atoms with van der Waals surface area (Å²) in [5, 5.41) is 34.1. The number of hydrogen-bond acceptors (Lipinski definition) is 7. The van der Waals surface area contributed by atoms with Crippen molar-refractivity contribution in [2.45, 2.75) is 83.6 Å². The molecule has 1 aliphatic rings. The summed E-state index contributed by atoms with van der Waals surface area (Å²) >= 11 is 0. The van der Waals surface area contributed by atoms with Crippen LogP contribution >= 0.6 is 0 Å². The maximum atomic E-state index is 10.1. The van der Waals surface area contributed by atoms with Crippen LogP contribution in [0.5, 0.6) is 0 Å². The molecule has 0 spiro atoms. The van der Waals surface area contributed by atoms with E-state index in [1.54, 1.807) is 13.8 Å². The zero-order valence-electron chi connectivity index (χ0n) is 15.3. The molecule has 1 aliphatic carbocycles. The summed E-state index contributed by atoms with van der Waals surface area (Å²) < 4.78 is 3.76. The minimum atomic E-state index is -0.974. The summed E-state index contributed by atoms with van der Waals surface area (Å²) in [5.41, 5.74) is -0.373. The van der Waals surface area contributed by atoms with Crippen LogP contribution in [-0.2, 0) is 18.7 Å². The fourth-order valence-electron chi connectivity index (χ4n) is 3.34. The standard InChI is InChI=1S/C16H28N8O/c1-4-9-23-15(19-20-22-23)10-17-12-7-5-6-8-13(12)24-11-14(18-21-24)16(2,3)25/h11-13,17,25H,4-10H2,1-3H3/t12-,13+/m0/s1. The summed E-state index contributed by atoms with van der Waals surface area (Å²) in [6.07, 6.45) is 7.37. The van der Waals surface area contributed by atoms with Crippen LogP contribution in [0, 0.1) is 0 Å². The average molecular weight is 348 g/mol. The van der Waals surface area contributed by atoms with E-state index in [1.807, 2.05) is 15.6 Å². The van der Waals surface area contributed by atoms with Crippen LogP contribution in [0.3, 0.4) is 0 Å². The maximum absolute atomic E-state index is 10.1. The zero-order chi connectivity index (χ0) is 17.9. The topological polar surface area (TPSA) is 107 Å². The molecule has 9 nitrogen and oxygen atoms in total. The Bertz CT molecular complexity index is 674. The molecule has 9 heteroatoms. The minimum Gasteiger partial charge on any atom is -0.384 e. The van der Waals surface area contributed by atoms with E-state index >= 15 is 0 Å². The van der Waals surface area contributed by atoms with Crippen LogP contribution in [0.1, 0.15) is 70.4 Å². The third kappa shape index (κ3) is 4.21. The Labute approximate surface area is 147 Å². The van der Waals surface area contributed by atoms with Gasteiger partial charge in [-0.05, 0) is 43.5 Å². The van der Waals surface area contributed by atoms with Crippen LogP contribution in [0.4, 0.5) is 0 Å². The summed E-state index contributed by atoms with van der Waals surface area (Å²) in [4.78, 5) is 0. The SMILES string of the molecule is CCCn1nnnc1CN[C@H]1CCCC[C@H]1n1cc(C(C)(C)O)nn1. The average Bonchev–Trinajstić information content (AvgIpc) is 3.22. The fourth-order valence-corrected chi connectivity index (χ4v) is 3.34. The van der Waals surface area contributed by atoms with Crippen molar-refractivity contribution in [3.8, 4) is 0 Å². The van der Waals surface area contributed by atoms with Gasteiger partial charge < -0.3 is 10.4 Å². The second-order valence-corrected chi connectivity index (χ2v) is 7.30. The Hall–Kier alpha value is -1.87. The lowest BCUT2D eigenvalue weighted by atomic mass is 9.90. The van der Waals surface area contributed by atoms with Crippen molar-refractivity contribution in [1.82, 2.24) is 40.5 Å².